The molecule has 6 heteroatoms. The molecular formula is C15H19N5O. The van der Waals surface area contributed by atoms with Crippen LogP contribution in [-0.4, -0.2) is 51.5 Å². The van der Waals surface area contributed by atoms with Gasteiger partial charge in [0, 0.05) is 63.9 Å². The fourth-order valence-corrected chi connectivity index (χ4v) is 2.51. The lowest BCUT2D eigenvalue weighted by Gasteiger charge is -2.34. The second-order valence-corrected chi connectivity index (χ2v) is 5.09. The van der Waals surface area contributed by atoms with Crippen LogP contribution >= 0.6 is 0 Å². The maximum atomic E-state index is 12.2. The Morgan fingerprint density at radius 3 is 2.33 bits per heavy atom. The van der Waals surface area contributed by atoms with Crippen LogP contribution in [0.2, 0.25) is 0 Å². The molecule has 1 aliphatic heterocycles. The molecule has 0 aromatic carbocycles. The number of hydrogen-bond donors (Lipinski definition) is 0. The van der Waals surface area contributed by atoms with Crippen molar-refractivity contribution in [3.8, 4) is 0 Å². The Bertz CT molecular complexity index is 561. The summed E-state index contributed by atoms with van der Waals surface area (Å²) < 4.78 is 2.03. The Hall–Kier alpha value is -2.37. The first-order chi connectivity index (χ1) is 10.3. The molecule has 2 aromatic rings. The second-order valence-electron chi connectivity index (χ2n) is 5.09. The Kier molecular flexibility index (Phi) is 4.14. The van der Waals surface area contributed by atoms with E-state index in [2.05, 4.69) is 14.9 Å². The highest BCUT2D eigenvalue weighted by atomic mass is 16.2. The summed E-state index contributed by atoms with van der Waals surface area (Å²) in [5.41, 5.74) is 0. The molecule has 3 rings (SSSR count). The van der Waals surface area contributed by atoms with Gasteiger partial charge in [0.15, 0.2) is 0 Å². The normalized spacial score (nSPS) is 15.2. The summed E-state index contributed by atoms with van der Waals surface area (Å²) in [4.78, 5) is 24.8. The van der Waals surface area contributed by atoms with Crippen LogP contribution in [0.1, 0.15) is 6.42 Å². The number of aryl methyl sites for hydroxylation is 1. The van der Waals surface area contributed by atoms with Crippen molar-refractivity contribution in [1.29, 1.82) is 0 Å². The standard InChI is InChI=1S/C15H19N5O/c21-14(4-9-18-7-1-2-8-18)19-10-12-20(13-11-19)15-16-5-3-6-17-15/h1-3,5-8H,4,9-13H2. The zero-order valence-electron chi connectivity index (χ0n) is 11.9. The summed E-state index contributed by atoms with van der Waals surface area (Å²) in [5, 5.41) is 0. The molecule has 0 spiro atoms. The van der Waals surface area contributed by atoms with Gasteiger partial charge in [-0.2, -0.15) is 0 Å². The molecule has 110 valence electrons. The van der Waals surface area contributed by atoms with E-state index in [-0.39, 0.29) is 5.91 Å². The van der Waals surface area contributed by atoms with Crippen molar-refractivity contribution >= 4 is 11.9 Å². The van der Waals surface area contributed by atoms with Gasteiger partial charge >= 0.3 is 0 Å². The van der Waals surface area contributed by atoms with Crippen molar-refractivity contribution in [2.45, 2.75) is 13.0 Å². The summed E-state index contributed by atoms with van der Waals surface area (Å²) >= 11 is 0. The number of anilines is 1. The summed E-state index contributed by atoms with van der Waals surface area (Å²) in [6, 6.07) is 5.76. The predicted octanol–water partition coefficient (Wildman–Crippen LogP) is 1.02. The van der Waals surface area contributed by atoms with Crippen LogP contribution in [0.15, 0.2) is 43.0 Å². The largest absolute Gasteiger partial charge is 0.354 e. The zero-order chi connectivity index (χ0) is 14.5. The topological polar surface area (TPSA) is 54.3 Å². The molecule has 1 saturated heterocycles. The first-order valence-corrected chi connectivity index (χ1v) is 7.23. The van der Waals surface area contributed by atoms with Gasteiger partial charge in [-0.25, -0.2) is 9.97 Å². The maximum absolute atomic E-state index is 12.2. The van der Waals surface area contributed by atoms with E-state index in [4.69, 9.17) is 0 Å². The van der Waals surface area contributed by atoms with Crippen molar-refractivity contribution in [3.05, 3.63) is 43.0 Å². The molecular weight excluding hydrogens is 266 g/mol. The molecule has 1 fully saturated rings. The first kappa shape index (κ1) is 13.6. The van der Waals surface area contributed by atoms with E-state index < -0.39 is 0 Å². The van der Waals surface area contributed by atoms with Crippen molar-refractivity contribution in [3.63, 3.8) is 0 Å². The predicted molar refractivity (Wildman–Crippen MR) is 79.9 cm³/mol. The van der Waals surface area contributed by atoms with Crippen molar-refractivity contribution in [1.82, 2.24) is 19.4 Å². The van der Waals surface area contributed by atoms with Crippen LogP contribution in [0, 0.1) is 0 Å². The maximum Gasteiger partial charge on any atom is 0.225 e. The minimum Gasteiger partial charge on any atom is -0.354 e. The zero-order valence-corrected chi connectivity index (χ0v) is 11.9. The molecule has 1 amide bonds. The summed E-state index contributed by atoms with van der Waals surface area (Å²) in [6.45, 7) is 3.80. The third kappa shape index (κ3) is 3.39. The molecule has 1 aliphatic rings. The van der Waals surface area contributed by atoms with Crippen LogP contribution in [0.3, 0.4) is 0 Å². The lowest BCUT2D eigenvalue weighted by Crippen LogP contribution is -2.49. The number of nitrogens with zero attached hydrogens (tertiary/aromatic N) is 5. The van der Waals surface area contributed by atoms with Crippen LogP contribution in [0.25, 0.3) is 0 Å². The van der Waals surface area contributed by atoms with Gasteiger partial charge in [0.1, 0.15) is 0 Å². The monoisotopic (exact) mass is 285 g/mol. The van der Waals surface area contributed by atoms with E-state index in [1.54, 1.807) is 12.4 Å². The van der Waals surface area contributed by atoms with E-state index in [0.717, 1.165) is 38.7 Å². The SMILES string of the molecule is O=C(CCn1cccc1)N1CCN(c2ncccn2)CC1. The molecule has 2 aromatic heterocycles. The number of carbonyl (C=O) groups is 1. The Morgan fingerprint density at radius 1 is 1.00 bits per heavy atom. The van der Waals surface area contributed by atoms with Gasteiger partial charge in [0.05, 0.1) is 0 Å². The summed E-state index contributed by atoms with van der Waals surface area (Å²) in [6.07, 6.45) is 8.01. The van der Waals surface area contributed by atoms with E-state index in [0.29, 0.717) is 6.42 Å². The van der Waals surface area contributed by atoms with Crippen molar-refractivity contribution in [2.24, 2.45) is 0 Å². The highest BCUT2D eigenvalue weighted by Crippen LogP contribution is 2.10. The first-order valence-electron chi connectivity index (χ1n) is 7.23. The van der Waals surface area contributed by atoms with Gasteiger partial charge < -0.3 is 14.4 Å². The van der Waals surface area contributed by atoms with Crippen LogP contribution in [0.5, 0.6) is 0 Å². The molecule has 0 atom stereocenters. The summed E-state index contributed by atoms with van der Waals surface area (Å²) in [5.74, 6) is 0.967. The lowest BCUT2D eigenvalue weighted by molar-refractivity contribution is -0.131. The number of rotatable bonds is 4. The van der Waals surface area contributed by atoms with Crippen molar-refractivity contribution in [2.75, 3.05) is 31.1 Å². The lowest BCUT2D eigenvalue weighted by atomic mass is 10.3. The Labute approximate surface area is 124 Å². The van der Waals surface area contributed by atoms with Gasteiger partial charge in [-0.3, -0.25) is 4.79 Å². The minimum atomic E-state index is 0.220. The van der Waals surface area contributed by atoms with Crippen molar-refractivity contribution < 1.29 is 4.79 Å². The third-order valence-corrected chi connectivity index (χ3v) is 3.72. The highest BCUT2D eigenvalue weighted by molar-refractivity contribution is 5.76. The molecule has 0 N–H and O–H groups in total. The molecule has 21 heavy (non-hydrogen) atoms. The molecule has 0 saturated carbocycles. The van der Waals surface area contributed by atoms with Gasteiger partial charge in [-0.1, -0.05) is 0 Å². The van der Waals surface area contributed by atoms with Gasteiger partial charge in [0.2, 0.25) is 11.9 Å². The number of piperazine rings is 1. The third-order valence-electron chi connectivity index (χ3n) is 3.72. The Morgan fingerprint density at radius 2 is 1.67 bits per heavy atom. The average molecular weight is 285 g/mol. The molecule has 0 bridgehead atoms. The molecule has 3 heterocycles. The quantitative estimate of drug-likeness (QED) is 0.841. The number of hydrogen-bond acceptors (Lipinski definition) is 4. The van der Waals surface area contributed by atoms with E-state index in [1.165, 1.54) is 0 Å². The van der Waals surface area contributed by atoms with E-state index >= 15 is 0 Å². The number of aromatic nitrogens is 3. The second kappa shape index (κ2) is 6.39. The van der Waals surface area contributed by atoms with Gasteiger partial charge in [0.25, 0.3) is 0 Å². The van der Waals surface area contributed by atoms with E-state index in [9.17, 15) is 4.79 Å². The van der Waals surface area contributed by atoms with Crippen LogP contribution in [-0.2, 0) is 11.3 Å². The molecule has 0 aliphatic carbocycles. The Balaban J connectivity index is 1.48. The number of carbonyl (C=O) groups excluding carboxylic acids is 1. The molecule has 0 unspecified atom stereocenters. The van der Waals surface area contributed by atoms with Crippen LogP contribution < -0.4 is 4.90 Å². The number of amides is 1. The fraction of sp³-hybridized carbons (Fsp3) is 0.400. The molecule has 0 radical (unpaired) electrons. The average Bonchev–Trinajstić information content (AvgIpc) is 3.07. The highest BCUT2D eigenvalue weighted by Gasteiger charge is 2.21. The van der Waals surface area contributed by atoms with E-state index in [1.807, 2.05) is 40.1 Å². The van der Waals surface area contributed by atoms with Gasteiger partial charge in [-0.05, 0) is 18.2 Å². The fourth-order valence-electron chi connectivity index (χ4n) is 2.51. The smallest absolute Gasteiger partial charge is 0.225 e. The van der Waals surface area contributed by atoms with Crippen LogP contribution in [0.4, 0.5) is 5.95 Å². The molecule has 6 nitrogen and oxygen atoms in total. The minimum absolute atomic E-state index is 0.220. The van der Waals surface area contributed by atoms with Gasteiger partial charge in [-0.15, -0.1) is 0 Å². The summed E-state index contributed by atoms with van der Waals surface area (Å²) in [7, 11) is 0.